The number of nitrogens with two attached hydrogens (primary N) is 1. The molecule has 3 N–H and O–H groups in total. The standard InChI is InChI=1S/C21H26N6O3/c1-12(26(5)20(28)29-21(2,3)4)19-25-17-9-14(8-16(22)24-17)15-11-23-10-13-6-7-27(30-19)18(13)15/h6-12,19H,1-5H3,(H3,22,24,25). The molecule has 0 saturated carbocycles. The summed E-state index contributed by atoms with van der Waals surface area (Å²) in [5, 5.41) is 4.19. The van der Waals surface area contributed by atoms with Crippen LogP contribution in [-0.4, -0.2) is 50.6 Å². The van der Waals surface area contributed by atoms with Gasteiger partial charge in [0.2, 0.25) is 6.23 Å². The number of rotatable bonds is 2. The summed E-state index contributed by atoms with van der Waals surface area (Å²) in [6.07, 6.45) is 4.32. The van der Waals surface area contributed by atoms with Crippen LogP contribution in [0.3, 0.4) is 0 Å². The Morgan fingerprint density at radius 3 is 2.87 bits per heavy atom. The van der Waals surface area contributed by atoms with E-state index in [1.54, 1.807) is 30.2 Å². The van der Waals surface area contributed by atoms with Crippen molar-refractivity contribution in [2.24, 2.45) is 0 Å². The van der Waals surface area contributed by atoms with Crippen LogP contribution >= 0.6 is 0 Å². The average Bonchev–Trinajstić information content (AvgIpc) is 3.08. The predicted octanol–water partition coefficient (Wildman–Crippen LogP) is 3.12. The molecule has 30 heavy (non-hydrogen) atoms. The summed E-state index contributed by atoms with van der Waals surface area (Å²) in [6.45, 7) is 7.37. The minimum absolute atomic E-state index is 0.374. The maximum Gasteiger partial charge on any atom is 0.410 e. The first-order valence-corrected chi connectivity index (χ1v) is 9.75. The van der Waals surface area contributed by atoms with E-state index in [2.05, 4.69) is 15.3 Å². The van der Waals surface area contributed by atoms with Crippen molar-refractivity contribution in [2.75, 3.05) is 18.1 Å². The second-order valence-electron chi connectivity index (χ2n) is 8.43. The molecule has 9 heteroatoms. The summed E-state index contributed by atoms with van der Waals surface area (Å²) in [5.74, 6) is 0.918. The Kier molecular flexibility index (Phi) is 4.68. The number of ether oxygens (including phenoxy) is 1. The minimum Gasteiger partial charge on any atom is -0.444 e. The molecule has 0 radical (unpaired) electrons. The number of hydrogen-bond acceptors (Lipinski definition) is 7. The Labute approximate surface area is 174 Å². The first-order valence-electron chi connectivity index (χ1n) is 9.75. The van der Waals surface area contributed by atoms with E-state index in [4.69, 9.17) is 15.3 Å². The third kappa shape index (κ3) is 3.70. The molecule has 0 fully saturated rings. The molecule has 0 aliphatic carbocycles. The van der Waals surface area contributed by atoms with Crippen LogP contribution in [0.25, 0.3) is 22.0 Å². The summed E-state index contributed by atoms with van der Waals surface area (Å²) in [4.78, 5) is 29.1. The molecule has 1 amide bonds. The number of likely N-dealkylation sites (N-methyl/N-ethyl adjacent to an activating group) is 1. The second-order valence-corrected chi connectivity index (χ2v) is 8.43. The average molecular weight is 410 g/mol. The summed E-state index contributed by atoms with van der Waals surface area (Å²) in [6, 6.07) is 5.23. The van der Waals surface area contributed by atoms with Crippen molar-refractivity contribution in [3.05, 3.63) is 36.8 Å². The van der Waals surface area contributed by atoms with E-state index in [0.29, 0.717) is 11.6 Å². The number of nitrogen functional groups attached to an aromatic ring is 1. The second kappa shape index (κ2) is 7.08. The van der Waals surface area contributed by atoms with Gasteiger partial charge in [-0.15, -0.1) is 0 Å². The lowest BCUT2D eigenvalue weighted by Gasteiger charge is -2.33. The number of carbonyl (C=O) groups excluding carboxylic acids is 1. The van der Waals surface area contributed by atoms with Crippen LogP contribution < -0.4 is 15.9 Å². The highest BCUT2D eigenvalue weighted by molar-refractivity contribution is 5.94. The Hall–Kier alpha value is -3.49. The molecule has 4 rings (SSSR count). The number of aromatic nitrogens is 3. The fraction of sp³-hybridized carbons (Fsp3) is 0.381. The fourth-order valence-corrected chi connectivity index (χ4v) is 3.35. The smallest absolute Gasteiger partial charge is 0.410 e. The van der Waals surface area contributed by atoms with Crippen molar-refractivity contribution >= 4 is 28.6 Å². The Balaban J connectivity index is 1.76. The fourth-order valence-electron chi connectivity index (χ4n) is 3.35. The summed E-state index contributed by atoms with van der Waals surface area (Å²) in [5.41, 5.74) is 8.08. The number of nitrogens with one attached hydrogen (secondary N) is 1. The van der Waals surface area contributed by atoms with E-state index in [1.807, 2.05) is 46.0 Å². The van der Waals surface area contributed by atoms with Crippen LogP contribution in [-0.2, 0) is 4.74 Å². The van der Waals surface area contributed by atoms with Crippen LogP contribution in [0, 0.1) is 0 Å². The zero-order valence-corrected chi connectivity index (χ0v) is 17.7. The van der Waals surface area contributed by atoms with E-state index in [-0.39, 0.29) is 0 Å². The van der Waals surface area contributed by atoms with Crippen molar-refractivity contribution in [1.29, 1.82) is 0 Å². The van der Waals surface area contributed by atoms with Gasteiger partial charge in [-0.05, 0) is 51.5 Å². The Morgan fingerprint density at radius 1 is 1.37 bits per heavy atom. The lowest BCUT2D eigenvalue weighted by atomic mass is 10.1. The molecule has 2 unspecified atom stereocenters. The monoisotopic (exact) mass is 410 g/mol. The van der Waals surface area contributed by atoms with Gasteiger partial charge in [-0.25, -0.2) is 9.78 Å². The highest BCUT2D eigenvalue weighted by Crippen LogP contribution is 2.32. The van der Waals surface area contributed by atoms with Gasteiger partial charge < -0.3 is 25.5 Å². The topological polar surface area (TPSA) is 108 Å². The van der Waals surface area contributed by atoms with E-state index in [9.17, 15) is 4.79 Å². The van der Waals surface area contributed by atoms with E-state index >= 15 is 0 Å². The molecular weight excluding hydrogens is 384 g/mol. The molecule has 1 aliphatic heterocycles. The highest BCUT2D eigenvalue weighted by atomic mass is 16.7. The van der Waals surface area contributed by atoms with Gasteiger partial charge in [0.1, 0.15) is 17.2 Å². The van der Waals surface area contributed by atoms with Crippen LogP contribution in [0.4, 0.5) is 16.4 Å². The number of hydrogen-bond donors (Lipinski definition) is 2. The van der Waals surface area contributed by atoms with Crippen LogP contribution in [0.15, 0.2) is 36.8 Å². The Morgan fingerprint density at radius 2 is 2.13 bits per heavy atom. The van der Waals surface area contributed by atoms with Gasteiger partial charge in [-0.1, -0.05) is 0 Å². The number of anilines is 2. The lowest BCUT2D eigenvalue weighted by molar-refractivity contribution is -0.0124. The molecule has 2 bridgehead atoms. The summed E-state index contributed by atoms with van der Waals surface area (Å²) in [7, 11) is 1.68. The normalized spacial score (nSPS) is 16.5. The molecule has 9 nitrogen and oxygen atoms in total. The summed E-state index contributed by atoms with van der Waals surface area (Å²) >= 11 is 0. The van der Waals surface area contributed by atoms with Crippen molar-refractivity contribution in [3.63, 3.8) is 0 Å². The van der Waals surface area contributed by atoms with Crippen molar-refractivity contribution in [1.82, 2.24) is 19.6 Å². The maximum absolute atomic E-state index is 12.6. The van der Waals surface area contributed by atoms with E-state index < -0.39 is 24.0 Å². The van der Waals surface area contributed by atoms with Crippen LogP contribution in [0.1, 0.15) is 27.7 Å². The molecule has 0 aromatic carbocycles. The zero-order valence-electron chi connectivity index (χ0n) is 17.7. The van der Waals surface area contributed by atoms with Crippen molar-refractivity contribution in [2.45, 2.75) is 45.6 Å². The first-order chi connectivity index (χ1) is 14.1. The Bertz CT molecular complexity index is 1100. The molecule has 4 heterocycles. The summed E-state index contributed by atoms with van der Waals surface area (Å²) < 4.78 is 7.20. The van der Waals surface area contributed by atoms with Crippen molar-refractivity contribution < 1.29 is 14.4 Å². The molecule has 0 saturated heterocycles. The number of pyridine rings is 2. The number of amides is 1. The molecule has 3 aromatic rings. The van der Waals surface area contributed by atoms with Crippen molar-refractivity contribution in [3.8, 4) is 11.1 Å². The van der Waals surface area contributed by atoms with Gasteiger partial charge in [0.25, 0.3) is 0 Å². The van der Waals surface area contributed by atoms with E-state index in [0.717, 1.165) is 22.0 Å². The van der Waals surface area contributed by atoms with Gasteiger partial charge >= 0.3 is 6.09 Å². The molecular formula is C21H26N6O3. The van der Waals surface area contributed by atoms with Crippen LogP contribution in [0.2, 0.25) is 0 Å². The molecule has 3 aromatic heterocycles. The third-order valence-electron chi connectivity index (χ3n) is 4.96. The quantitative estimate of drug-likeness (QED) is 0.668. The van der Waals surface area contributed by atoms with E-state index in [1.165, 1.54) is 4.90 Å². The predicted molar refractivity (Wildman–Crippen MR) is 115 cm³/mol. The maximum atomic E-state index is 12.6. The third-order valence-corrected chi connectivity index (χ3v) is 4.96. The lowest BCUT2D eigenvalue weighted by Crippen LogP contribution is -2.51. The number of carbonyl (C=O) groups is 1. The first kappa shape index (κ1) is 19.8. The number of fused-ring (bicyclic) bond motifs is 3. The SMILES string of the molecule is CC(C1Nc2cc(cc(N)n2)-c2cncc3ccn(c23)O1)N(C)C(=O)OC(C)(C)C. The zero-order chi connectivity index (χ0) is 21.6. The van der Waals surface area contributed by atoms with Gasteiger partial charge in [0.15, 0.2) is 0 Å². The minimum atomic E-state index is -0.626. The molecule has 158 valence electrons. The molecule has 0 spiro atoms. The van der Waals surface area contributed by atoms with Gasteiger partial charge in [0, 0.05) is 36.6 Å². The largest absolute Gasteiger partial charge is 0.444 e. The van der Waals surface area contributed by atoms with Crippen LogP contribution in [0.5, 0.6) is 0 Å². The molecule has 1 aliphatic rings. The van der Waals surface area contributed by atoms with Gasteiger partial charge in [-0.3, -0.25) is 4.98 Å². The number of nitrogens with zero attached hydrogens (tertiary/aromatic N) is 4. The highest BCUT2D eigenvalue weighted by Gasteiger charge is 2.31. The molecule has 2 atom stereocenters. The van der Waals surface area contributed by atoms with Gasteiger partial charge in [0.05, 0.1) is 11.6 Å². The van der Waals surface area contributed by atoms with Gasteiger partial charge in [-0.2, -0.15) is 4.73 Å².